The van der Waals surface area contributed by atoms with Crippen LogP contribution in [0, 0.1) is 17.8 Å². The second kappa shape index (κ2) is 8.93. The molecule has 2 unspecified atom stereocenters. The van der Waals surface area contributed by atoms with Gasteiger partial charge in [-0.2, -0.15) is 0 Å². The van der Waals surface area contributed by atoms with E-state index in [1.807, 2.05) is 35.2 Å². The quantitative estimate of drug-likeness (QED) is 0.703. The predicted molar refractivity (Wildman–Crippen MR) is 121 cm³/mol. The summed E-state index contributed by atoms with van der Waals surface area (Å²) in [6.45, 7) is 6.03. The third-order valence-electron chi connectivity index (χ3n) is 7.41. The van der Waals surface area contributed by atoms with Crippen molar-refractivity contribution in [3.05, 3.63) is 71.8 Å². The zero-order valence-corrected chi connectivity index (χ0v) is 18.3. The van der Waals surface area contributed by atoms with Crippen LogP contribution in [0.2, 0.25) is 0 Å². The maximum Gasteiger partial charge on any atom is 0.259 e. The lowest BCUT2D eigenvalue weighted by molar-refractivity contribution is -0.158. The average molecular weight is 406 g/mol. The molecular weight excluding hydrogens is 370 g/mol. The van der Waals surface area contributed by atoms with Crippen molar-refractivity contribution in [3.8, 4) is 0 Å². The molecule has 1 N–H and O–H groups in total. The SMILES string of the molecule is CC(C)C(c1ccccc1)C1CCN(C(=O)[C@](O)(c2ccccc2)C2CCCC2)C1. The van der Waals surface area contributed by atoms with Crippen molar-refractivity contribution >= 4 is 5.91 Å². The first kappa shape index (κ1) is 21.1. The van der Waals surface area contributed by atoms with E-state index in [0.717, 1.165) is 50.8 Å². The molecule has 3 heteroatoms. The van der Waals surface area contributed by atoms with Gasteiger partial charge in [0, 0.05) is 19.0 Å². The Morgan fingerprint density at radius 2 is 1.57 bits per heavy atom. The summed E-state index contributed by atoms with van der Waals surface area (Å²) in [6, 6.07) is 20.4. The highest BCUT2D eigenvalue weighted by atomic mass is 16.3. The Hall–Kier alpha value is -2.13. The molecule has 1 saturated carbocycles. The summed E-state index contributed by atoms with van der Waals surface area (Å²) in [5, 5.41) is 11.9. The van der Waals surface area contributed by atoms with Gasteiger partial charge in [-0.25, -0.2) is 0 Å². The summed E-state index contributed by atoms with van der Waals surface area (Å²) in [5.41, 5.74) is 0.724. The first-order valence-corrected chi connectivity index (χ1v) is 11.6. The molecule has 0 bridgehead atoms. The topological polar surface area (TPSA) is 40.5 Å². The van der Waals surface area contributed by atoms with Gasteiger partial charge in [0.2, 0.25) is 0 Å². The minimum atomic E-state index is -1.40. The van der Waals surface area contributed by atoms with Gasteiger partial charge in [0.1, 0.15) is 0 Å². The van der Waals surface area contributed by atoms with Crippen molar-refractivity contribution in [3.63, 3.8) is 0 Å². The molecular formula is C27H35NO2. The van der Waals surface area contributed by atoms with Crippen LogP contribution in [-0.4, -0.2) is 29.0 Å². The van der Waals surface area contributed by atoms with Gasteiger partial charge >= 0.3 is 0 Å². The zero-order chi connectivity index (χ0) is 21.1. The molecule has 0 radical (unpaired) electrons. The number of rotatable bonds is 6. The first-order chi connectivity index (χ1) is 14.5. The average Bonchev–Trinajstić information content (AvgIpc) is 3.47. The molecule has 1 saturated heterocycles. The van der Waals surface area contributed by atoms with Gasteiger partial charge in [-0.05, 0) is 48.1 Å². The molecule has 2 aromatic rings. The molecule has 160 valence electrons. The fraction of sp³-hybridized carbons (Fsp3) is 0.519. The van der Waals surface area contributed by atoms with E-state index in [4.69, 9.17) is 0 Å². The van der Waals surface area contributed by atoms with Crippen molar-refractivity contribution in [1.29, 1.82) is 0 Å². The molecule has 2 aliphatic rings. The van der Waals surface area contributed by atoms with Crippen LogP contribution in [0.15, 0.2) is 60.7 Å². The Bertz CT molecular complexity index is 828. The molecule has 1 aliphatic heterocycles. The summed E-state index contributed by atoms with van der Waals surface area (Å²) < 4.78 is 0. The van der Waals surface area contributed by atoms with Gasteiger partial charge < -0.3 is 10.0 Å². The molecule has 30 heavy (non-hydrogen) atoms. The summed E-state index contributed by atoms with van der Waals surface area (Å²) >= 11 is 0. The van der Waals surface area contributed by atoms with Gasteiger partial charge in [0.05, 0.1) is 0 Å². The van der Waals surface area contributed by atoms with E-state index >= 15 is 0 Å². The molecule has 0 spiro atoms. The number of aliphatic hydroxyl groups is 1. The van der Waals surface area contributed by atoms with Crippen LogP contribution in [0.3, 0.4) is 0 Å². The van der Waals surface area contributed by atoms with E-state index < -0.39 is 5.60 Å². The van der Waals surface area contributed by atoms with Crippen molar-refractivity contribution in [2.75, 3.05) is 13.1 Å². The number of hydrogen-bond donors (Lipinski definition) is 1. The highest BCUT2D eigenvalue weighted by Crippen LogP contribution is 2.44. The molecule has 1 amide bonds. The number of carbonyl (C=O) groups is 1. The number of nitrogens with zero attached hydrogens (tertiary/aromatic N) is 1. The number of carbonyl (C=O) groups excluding carboxylic acids is 1. The van der Waals surface area contributed by atoms with Crippen molar-refractivity contribution in [2.45, 2.75) is 57.5 Å². The molecule has 1 heterocycles. The lowest BCUT2D eigenvalue weighted by Gasteiger charge is -2.37. The lowest BCUT2D eigenvalue weighted by Crippen LogP contribution is -2.50. The van der Waals surface area contributed by atoms with Crippen LogP contribution in [0.25, 0.3) is 0 Å². The standard InChI is InChI=1S/C27H35NO2/c1-20(2)25(21-11-5-3-6-12-21)22-17-18-28(19-22)26(29)27(30,24-15-9-10-16-24)23-13-7-4-8-14-23/h3-8,11-14,20,22,24-25,30H,9-10,15-19H2,1-2H3/t22?,25?,27-/m0/s1. The molecule has 1 aliphatic carbocycles. The van der Waals surface area contributed by atoms with Crippen molar-refractivity contribution < 1.29 is 9.90 Å². The van der Waals surface area contributed by atoms with Crippen molar-refractivity contribution in [2.24, 2.45) is 17.8 Å². The van der Waals surface area contributed by atoms with E-state index in [1.165, 1.54) is 5.56 Å². The zero-order valence-electron chi connectivity index (χ0n) is 18.3. The Morgan fingerprint density at radius 1 is 0.967 bits per heavy atom. The Labute approximate surface area is 181 Å². The predicted octanol–water partition coefficient (Wildman–Crippen LogP) is 5.35. The maximum absolute atomic E-state index is 13.8. The second-order valence-electron chi connectivity index (χ2n) is 9.59. The van der Waals surface area contributed by atoms with E-state index in [0.29, 0.717) is 17.8 Å². The molecule has 3 atom stereocenters. The molecule has 2 aromatic carbocycles. The third-order valence-corrected chi connectivity index (χ3v) is 7.41. The van der Waals surface area contributed by atoms with Gasteiger partial charge in [-0.15, -0.1) is 0 Å². The minimum Gasteiger partial charge on any atom is -0.375 e. The number of benzene rings is 2. The molecule has 4 rings (SSSR count). The summed E-state index contributed by atoms with van der Waals surface area (Å²) in [7, 11) is 0. The Kier molecular flexibility index (Phi) is 6.29. The molecule has 0 aromatic heterocycles. The van der Waals surface area contributed by atoms with E-state index in [-0.39, 0.29) is 11.8 Å². The van der Waals surface area contributed by atoms with Crippen molar-refractivity contribution in [1.82, 2.24) is 4.90 Å². The van der Waals surface area contributed by atoms with Crippen LogP contribution in [0.4, 0.5) is 0 Å². The number of hydrogen-bond acceptors (Lipinski definition) is 2. The second-order valence-corrected chi connectivity index (χ2v) is 9.59. The van der Waals surface area contributed by atoms with Gasteiger partial charge in [-0.1, -0.05) is 87.4 Å². The van der Waals surface area contributed by atoms with Crippen LogP contribution < -0.4 is 0 Å². The van der Waals surface area contributed by atoms with Crippen LogP contribution >= 0.6 is 0 Å². The first-order valence-electron chi connectivity index (χ1n) is 11.6. The third kappa shape index (κ3) is 3.92. The summed E-state index contributed by atoms with van der Waals surface area (Å²) in [4.78, 5) is 15.8. The summed E-state index contributed by atoms with van der Waals surface area (Å²) in [6.07, 6.45) is 5.04. The normalized spacial score (nSPS) is 22.9. The molecule has 3 nitrogen and oxygen atoms in total. The largest absolute Gasteiger partial charge is 0.375 e. The van der Waals surface area contributed by atoms with E-state index in [9.17, 15) is 9.90 Å². The minimum absolute atomic E-state index is 0.0152. The Balaban J connectivity index is 1.58. The molecule has 2 fully saturated rings. The van der Waals surface area contributed by atoms with E-state index in [1.54, 1.807) is 0 Å². The summed E-state index contributed by atoms with van der Waals surface area (Å²) in [5.74, 6) is 1.30. The highest BCUT2D eigenvalue weighted by Gasteiger charge is 2.49. The smallest absolute Gasteiger partial charge is 0.259 e. The van der Waals surface area contributed by atoms with E-state index in [2.05, 4.69) is 44.2 Å². The van der Waals surface area contributed by atoms with Crippen LogP contribution in [0.1, 0.15) is 63.0 Å². The van der Waals surface area contributed by atoms with Crippen LogP contribution in [0.5, 0.6) is 0 Å². The Morgan fingerprint density at radius 3 is 2.17 bits per heavy atom. The van der Waals surface area contributed by atoms with Crippen LogP contribution in [-0.2, 0) is 10.4 Å². The fourth-order valence-electron chi connectivity index (χ4n) is 5.95. The maximum atomic E-state index is 13.8. The monoisotopic (exact) mass is 405 g/mol. The lowest BCUT2D eigenvalue weighted by atomic mass is 9.77. The van der Waals surface area contributed by atoms with Gasteiger partial charge in [0.15, 0.2) is 5.60 Å². The number of amides is 1. The van der Waals surface area contributed by atoms with Gasteiger partial charge in [0.25, 0.3) is 5.91 Å². The van der Waals surface area contributed by atoms with Gasteiger partial charge in [-0.3, -0.25) is 4.79 Å². The fourth-order valence-corrected chi connectivity index (χ4v) is 5.95. The highest BCUT2D eigenvalue weighted by molar-refractivity contribution is 5.87. The number of likely N-dealkylation sites (tertiary alicyclic amines) is 1.